The van der Waals surface area contributed by atoms with E-state index in [0.717, 1.165) is 5.56 Å². The SMILES string of the molecule is CCc1ccnc(C(C)C)c1-n1c(=O)c2c(c3cc(Cl)c(-c4c(F)cccc4OC)c(F)c31)N1C[C@@H](C)N(C(=O)OC(C)(C)C)C[C@@H]1C(=O)N2C. The van der Waals surface area contributed by atoms with Gasteiger partial charge in [-0.25, -0.2) is 13.6 Å². The molecule has 2 aliphatic heterocycles. The van der Waals surface area contributed by atoms with Gasteiger partial charge in [0.1, 0.15) is 28.9 Å². The summed E-state index contributed by atoms with van der Waals surface area (Å²) in [5.41, 5.74) is -0.103. The predicted molar refractivity (Wildman–Crippen MR) is 195 cm³/mol. The molecule has 4 heterocycles. The summed E-state index contributed by atoms with van der Waals surface area (Å²) in [6.07, 6.45) is 1.56. The monoisotopic (exact) mass is 721 g/mol. The zero-order valence-corrected chi connectivity index (χ0v) is 31.0. The van der Waals surface area contributed by atoms with Gasteiger partial charge in [-0.2, -0.15) is 0 Å². The van der Waals surface area contributed by atoms with Crippen molar-refractivity contribution in [3.63, 3.8) is 0 Å². The third-order valence-electron chi connectivity index (χ3n) is 9.54. The Morgan fingerprint density at radius 3 is 2.41 bits per heavy atom. The largest absolute Gasteiger partial charge is 0.496 e. The Labute approximate surface area is 300 Å². The summed E-state index contributed by atoms with van der Waals surface area (Å²) in [6.45, 7) is 13.0. The van der Waals surface area contributed by atoms with E-state index >= 15 is 13.6 Å². The van der Waals surface area contributed by atoms with E-state index in [9.17, 15) is 9.59 Å². The maximum Gasteiger partial charge on any atom is 0.410 e. The minimum absolute atomic E-state index is 0.0222. The first kappa shape index (κ1) is 36.1. The van der Waals surface area contributed by atoms with Crippen LogP contribution in [-0.2, 0) is 16.0 Å². The highest BCUT2D eigenvalue weighted by Gasteiger charge is 2.47. The van der Waals surface area contributed by atoms with Gasteiger partial charge in [0.2, 0.25) is 0 Å². The van der Waals surface area contributed by atoms with Gasteiger partial charge in [-0.15, -0.1) is 0 Å². The van der Waals surface area contributed by atoms with Crippen LogP contribution in [0.1, 0.15) is 65.6 Å². The number of carbonyl (C=O) groups excluding carboxylic acids is 2. The standard InChI is InChI=1S/C38H42ClF2N5O5/c1-10-21-14-15-42-30(19(2)3)31(21)46-32-22(16-23(39)27(29(32)41)28-24(40)12-11-13-26(28)50-9)33-34(36(46)48)43(8)35(47)25-18-44(20(4)17-45(25)33)37(49)51-38(5,6)7/h11-16,19-20,25H,10,17-18H2,1-9H3/t20-,25-/m1/s1. The molecule has 2 amide bonds. The Hall–Kier alpha value is -4.71. The molecule has 51 heavy (non-hydrogen) atoms. The molecule has 6 rings (SSSR count). The number of ether oxygens (including phenoxy) is 2. The number of benzene rings is 2. The molecule has 0 spiro atoms. The summed E-state index contributed by atoms with van der Waals surface area (Å²) in [7, 11) is 2.84. The van der Waals surface area contributed by atoms with Crippen LogP contribution >= 0.6 is 11.6 Å². The van der Waals surface area contributed by atoms with Gasteiger partial charge in [-0.1, -0.05) is 38.4 Å². The maximum atomic E-state index is 17.7. The molecule has 4 aromatic rings. The van der Waals surface area contributed by atoms with E-state index in [-0.39, 0.29) is 63.2 Å². The van der Waals surface area contributed by atoms with Gasteiger partial charge in [-0.05, 0) is 69.9 Å². The predicted octanol–water partition coefficient (Wildman–Crippen LogP) is 7.47. The number of hydrogen-bond acceptors (Lipinski definition) is 7. The van der Waals surface area contributed by atoms with Crippen LogP contribution in [0.25, 0.3) is 27.7 Å². The van der Waals surface area contributed by atoms with Crippen LogP contribution in [0.2, 0.25) is 5.02 Å². The number of aromatic nitrogens is 2. The number of aryl methyl sites for hydroxylation is 1. The zero-order valence-electron chi connectivity index (χ0n) is 30.2. The molecule has 10 nitrogen and oxygen atoms in total. The van der Waals surface area contributed by atoms with Crippen LogP contribution < -0.4 is 20.1 Å². The molecular formula is C38H42ClF2N5O5. The molecule has 1 fully saturated rings. The van der Waals surface area contributed by atoms with E-state index < -0.39 is 46.9 Å². The fourth-order valence-electron chi connectivity index (χ4n) is 7.22. The first-order valence-corrected chi connectivity index (χ1v) is 17.4. The summed E-state index contributed by atoms with van der Waals surface area (Å²) in [4.78, 5) is 51.7. The van der Waals surface area contributed by atoms with Crippen molar-refractivity contribution in [2.75, 3.05) is 37.0 Å². The second kappa shape index (κ2) is 13.1. The first-order valence-electron chi connectivity index (χ1n) is 17.0. The molecule has 0 unspecified atom stereocenters. The van der Waals surface area contributed by atoms with E-state index in [1.807, 2.05) is 27.7 Å². The molecule has 13 heteroatoms. The number of pyridine rings is 2. The summed E-state index contributed by atoms with van der Waals surface area (Å²) >= 11 is 6.93. The van der Waals surface area contributed by atoms with E-state index in [2.05, 4.69) is 4.98 Å². The molecule has 2 aromatic carbocycles. The van der Waals surface area contributed by atoms with E-state index in [4.69, 9.17) is 21.1 Å². The van der Waals surface area contributed by atoms with Gasteiger partial charge in [-0.3, -0.25) is 19.1 Å². The second-order valence-electron chi connectivity index (χ2n) is 14.4. The average molecular weight is 722 g/mol. The molecule has 270 valence electrons. The Morgan fingerprint density at radius 1 is 1.08 bits per heavy atom. The number of likely N-dealkylation sites (N-methyl/N-ethyl adjacent to an activating group) is 1. The van der Waals surface area contributed by atoms with Crippen LogP contribution in [0.5, 0.6) is 5.75 Å². The Bertz CT molecular complexity index is 2150. The summed E-state index contributed by atoms with van der Waals surface area (Å²) < 4.78 is 45.7. The van der Waals surface area contributed by atoms with Gasteiger partial charge in [0.05, 0.1) is 46.8 Å². The molecule has 1 saturated heterocycles. The fraction of sp³-hybridized carbons (Fsp3) is 0.421. The fourth-order valence-corrected chi connectivity index (χ4v) is 7.50. The number of hydrogen-bond donors (Lipinski definition) is 0. The van der Waals surface area contributed by atoms with Crippen molar-refractivity contribution in [2.45, 2.75) is 78.5 Å². The van der Waals surface area contributed by atoms with Crippen LogP contribution in [0, 0.1) is 11.6 Å². The number of fused-ring (bicyclic) bond motifs is 5. The number of nitrogens with zero attached hydrogens (tertiary/aromatic N) is 5. The number of piperazine rings is 1. The highest BCUT2D eigenvalue weighted by molar-refractivity contribution is 6.35. The van der Waals surface area contributed by atoms with E-state index in [0.29, 0.717) is 17.8 Å². The molecule has 2 aromatic heterocycles. The van der Waals surface area contributed by atoms with Gasteiger partial charge in [0, 0.05) is 36.8 Å². The summed E-state index contributed by atoms with van der Waals surface area (Å²) in [6, 6.07) is 6.03. The minimum Gasteiger partial charge on any atom is -0.496 e. The van der Waals surface area contributed by atoms with Gasteiger partial charge in [0.25, 0.3) is 11.5 Å². The molecule has 2 atom stereocenters. The van der Waals surface area contributed by atoms with Crippen molar-refractivity contribution >= 4 is 45.9 Å². The third-order valence-corrected chi connectivity index (χ3v) is 9.84. The second-order valence-corrected chi connectivity index (χ2v) is 14.8. The van der Waals surface area contributed by atoms with Crippen molar-refractivity contribution in [3.05, 3.63) is 74.8 Å². The lowest BCUT2D eigenvalue weighted by Gasteiger charge is -2.50. The zero-order chi connectivity index (χ0) is 37.3. The summed E-state index contributed by atoms with van der Waals surface area (Å²) in [5, 5.41) is 0.104. The molecular weight excluding hydrogens is 680 g/mol. The number of rotatable bonds is 5. The van der Waals surface area contributed by atoms with Crippen molar-refractivity contribution in [3.8, 4) is 22.6 Å². The van der Waals surface area contributed by atoms with Crippen LogP contribution in [0.3, 0.4) is 0 Å². The van der Waals surface area contributed by atoms with Gasteiger partial charge >= 0.3 is 6.09 Å². The number of halogens is 3. The number of methoxy groups -OCH3 is 1. The normalized spacial score (nSPS) is 17.6. The van der Waals surface area contributed by atoms with Crippen molar-refractivity contribution in [1.82, 2.24) is 14.5 Å². The van der Waals surface area contributed by atoms with Crippen LogP contribution in [-0.4, -0.2) is 71.4 Å². The Morgan fingerprint density at radius 2 is 1.78 bits per heavy atom. The minimum atomic E-state index is -0.946. The maximum absolute atomic E-state index is 17.7. The highest BCUT2D eigenvalue weighted by Crippen LogP contribution is 2.48. The number of amides is 2. The van der Waals surface area contributed by atoms with Gasteiger partial charge in [0.15, 0.2) is 5.82 Å². The smallest absolute Gasteiger partial charge is 0.410 e. The first-order chi connectivity index (χ1) is 24.0. The number of anilines is 2. The third kappa shape index (κ3) is 5.87. The van der Waals surface area contributed by atoms with Crippen molar-refractivity contribution in [2.24, 2.45) is 0 Å². The lowest BCUT2D eigenvalue weighted by atomic mass is 9.95. The molecule has 0 bridgehead atoms. The highest BCUT2D eigenvalue weighted by atomic mass is 35.5. The van der Waals surface area contributed by atoms with Crippen molar-refractivity contribution < 1.29 is 27.8 Å². The quantitative estimate of drug-likeness (QED) is 0.211. The van der Waals surface area contributed by atoms with Gasteiger partial charge < -0.3 is 24.2 Å². The van der Waals surface area contributed by atoms with Crippen LogP contribution in [0.15, 0.2) is 41.3 Å². The Kier molecular flexibility index (Phi) is 9.28. The number of carbonyl (C=O) groups is 2. The lowest BCUT2D eigenvalue weighted by Crippen LogP contribution is -2.66. The van der Waals surface area contributed by atoms with Crippen molar-refractivity contribution in [1.29, 1.82) is 0 Å². The summed E-state index contributed by atoms with van der Waals surface area (Å²) in [5.74, 6) is -2.26. The molecule has 0 aliphatic carbocycles. The van der Waals surface area contributed by atoms with E-state index in [1.54, 1.807) is 37.9 Å². The molecule has 0 N–H and O–H groups in total. The molecule has 0 radical (unpaired) electrons. The lowest BCUT2D eigenvalue weighted by molar-refractivity contribution is -0.121. The average Bonchev–Trinajstić information content (AvgIpc) is 3.06. The van der Waals surface area contributed by atoms with E-state index in [1.165, 1.54) is 52.8 Å². The topological polar surface area (TPSA) is 97.2 Å². The molecule has 0 saturated carbocycles. The Balaban J connectivity index is 1.74. The molecule has 2 aliphatic rings. The van der Waals surface area contributed by atoms with Crippen LogP contribution in [0.4, 0.5) is 25.0 Å².